The van der Waals surface area contributed by atoms with Crippen molar-refractivity contribution >= 4 is 61.0 Å². The summed E-state index contributed by atoms with van der Waals surface area (Å²) in [6, 6.07) is 5.83. The number of oxazole rings is 1. The Labute approximate surface area is 296 Å². The summed E-state index contributed by atoms with van der Waals surface area (Å²) in [5.74, 6) is -1.65. The highest BCUT2D eigenvalue weighted by Crippen LogP contribution is 2.35. The summed E-state index contributed by atoms with van der Waals surface area (Å²) in [5.41, 5.74) is -0.483. The molecule has 0 aliphatic carbocycles. The minimum atomic E-state index is -4.08. The second-order valence-corrected chi connectivity index (χ2v) is 15.6. The van der Waals surface area contributed by atoms with E-state index in [1.165, 1.54) is 102 Å². The average Bonchev–Trinajstić information content (AvgIpc) is 3.39. The van der Waals surface area contributed by atoms with Crippen LogP contribution in [-0.2, 0) is 19.4 Å². The topological polar surface area (TPSA) is 127 Å². The van der Waals surface area contributed by atoms with Crippen LogP contribution in [-0.4, -0.2) is 34.9 Å². The van der Waals surface area contributed by atoms with Gasteiger partial charge in [0.1, 0.15) is 21.5 Å². The molecular weight excluding hydrogens is 678 g/mol. The normalized spacial score (nSPS) is 12.0. The van der Waals surface area contributed by atoms with Crippen molar-refractivity contribution in [3.63, 3.8) is 0 Å². The lowest BCUT2D eigenvalue weighted by Gasteiger charge is -2.17. The van der Waals surface area contributed by atoms with Crippen LogP contribution in [0.15, 0.2) is 39.6 Å². The number of hydrogen-bond acceptors (Lipinski definition) is 7. The summed E-state index contributed by atoms with van der Waals surface area (Å²) in [6.45, 7) is 13.0. The van der Waals surface area contributed by atoms with Crippen molar-refractivity contribution in [3.8, 4) is 5.75 Å². The van der Waals surface area contributed by atoms with Gasteiger partial charge in [0.2, 0.25) is 11.1 Å². The van der Waals surface area contributed by atoms with Crippen molar-refractivity contribution in [2.24, 2.45) is 5.41 Å². The quantitative estimate of drug-likeness (QED) is 0.118. The van der Waals surface area contributed by atoms with E-state index in [1.54, 1.807) is 27.7 Å². The summed E-state index contributed by atoms with van der Waals surface area (Å²) < 4.78 is 45.3. The first kappa shape index (κ1) is 43.3. The maximum atomic E-state index is 14.4. The summed E-state index contributed by atoms with van der Waals surface area (Å²) >= 11 is 11.3. The van der Waals surface area contributed by atoms with Gasteiger partial charge in [0.15, 0.2) is 27.1 Å². The molecule has 270 valence electrons. The first-order valence-corrected chi connectivity index (χ1v) is 19.1. The monoisotopic (exact) mass is 730 g/mol. The van der Waals surface area contributed by atoms with Gasteiger partial charge in [-0.25, -0.2) is 17.8 Å². The molecule has 8 nitrogen and oxygen atoms in total. The number of fused-ring (bicyclic) bond motifs is 1. The Kier molecular flexibility index (Phi) is 19.3. The van der Waals surface area contributed by atoms with Gasteiger partial charge in [0.05, 0.1) is 10.6 Å². The van der Waals surface area contributed by atoms with Crippen LogP contribution >= 0.6 is 23.2 Å². The number of rotatable bonds is 15. The molecule has 1 atom stereocenters. The zero-order valence-electron chi connectivity index (χ0n) is 29.4. The van der Waals surface area contributed by atoms with Gasteiger partial charge in [0, 0.05) is 18.4 Å². The van der Waals surface area contributed by atoms with E-state index in [0.29, 0.717) is 0 Å². The van der Waals surface area contributed by atoms with Crippen LogP contribution in [0.3, 0.4) is 0 Å². The van der Waals surface area contributed by atoms with Crippen LogP contribution in [0.4, 0.5) is 10.1 Å². The summed E-state index contributed by atoms with van der Waals surface area (Å²) in [4.78, 5) is 26.7. The summed E-state index contributed by atoms with van der Waals surface area (Å²) in [6.07, 6.45) is 15.9. The van der Waals surface area contributed by atoms with Crippen molar-refractivity contribution in [1.82, 2.24) is 4.98 Å². The molecular formula is C36H53Cl2FN2O6S. The molecule has 0 spiro atoms. The van der Waals surface area contributed by atoms with E-state index in [-0.39, 0.29) is 55.4 Å². The van der Waals surface area contributed by atoms with Gasteiger partial charge in [-0.05, 0) is 42.3 Å². The number of hydrogen-bond donors (Lipinski definition) is 2. The number of nitrogens with zero attached hydrogens (tertiary/aromatic N) is 1. The molecule has 3 rings (SSSR count). The van der Waals surface area contributed by atoms with Gasteiger partial charge < -0.3 is 14.8 Å². The number of anilines is 1. The number of aromatic hydroxyl groups is 1. The van der Waals surface area contributed by atoms with E-state index >= 15 is 0 Å². The van der Waals surface area contributed by atoms with Crippen LogP contribution < -0.4 is 5.32 Å². The molecule has 2 aromatic carbocycles. The van der Waals surface area contributed by atoms with Crippen LogP contribution in [0.2, 0.25) is 5.02 Å². The second-order valence-electron chi connectivity index (χ2n) is 12.8. The van der Waals surface area contributed by atoms with Crippen molar-refractivity contribution in [3.05, 3.63) is 47.1 Å². The fourth-order valence-electron chi connectivity index (χ4n) is 4.51. The van der Waals surface area contributed by atoms with Gasteiger partial charge in [-0.15, -0.1) is 0 Å². The number of benzene rings is 2. The number of halogens is 3. The van der Waals surface area contributed by atoms with Crippen LogP contribution in [0, 0.1) is 18.2 Å². The number of amides is 1. The first-order valence-electron chi connectivity index (χ1n) is 16.8. The molecule has 48 heavy (non-hydrogen) atoms. The number of carbonyl (C=O) groups excluding carboxylic acids is 2. The highest BCUT2D eigenvalue weighted by atomic mass is 35.5. The van der Waals surface area contributed by atoms with E-state index in [4.69, 9.17) is 27.6 Å². The molecule has 0 bridgehead atoms. The van der Waals surface area contributed by atoms with Crippen molar-refractivity contribution in [2.75, 3.05) is 5.32 Å². The van der Waals surface area contributed by atoms with Gasteiger partial charge in [-0.3, -0.25) is 9.59 Å². The third-order valence-electron chi connectivity index (χ3n) is 7.43. The molecule has 0 saturated carbocycles. The minimum Gasteiger partial charge on any atom is -0.508 e. The zero-order chi connectivity index (χ0) is 36.5. The lowest BCUT2D eigenvalue weighted by molar-refractivity contribution is -0.118. The number of sulfone groups is 1. The third-order valence-corrected chi connectivity index (χ3v) is 10.6. The van der Waals surface area contributed by atoms with Gasteiger partial charge >= 0.3 is 0 Å². The molecule has 1 unspecified atom stereocenters. The zero-order valence-corrected chi connectivity index (χ0v) is 31.8. The average molecular weight is 732 g/mol. The number of aryl methyl sites for hydroxylation is 1. The molecule has 0 aliphatic rings. The highest BCUT2D eigenvalue weighted by molar-refractivity contribution is 7.92. The van der Waals surface area contributed by atoms with Crippen LogP contribution in [0.25, 0.3) is 11.1 Å². The van der Waals surface area contributed by atoms with Gasteiger partial charge in [-0.1, -0.05) is 124 Å². The molecule has 2 N–H and O–H groups in total. The Hall–Kier alpha value is -2.69. The van der Waals surface area contributed by atoms with E-state index in [0.717, 1.165) is 6.07 Å². The maximum absolute atomic E-state index is 14.4. The SMILES string of the molecule is CC(C)(C)C(=O)Cl.CCC(C(=O)Nc1c(F)cc2nc(C)oc2c1Cl)S(=O)(=O)c1ccc(O)cc1.CCCCCCCCCCCCC. The fraction of sp³-hybridized carbons (Fsp3) is 0.583. The fourth-order valence-corrected chi connectivity index (χ4v) is 6.41. The maximum Gasteiger partial charge on any atom is 0.243 e. The summed E-state index contributed by atoms with van der Waals surface area (Å²) in [7, 11) is -4.08. The Morgan fingerprint density at radius 2 is 1.40 bits per heavy atom. The molecule has 0 radical (unpaired) electrons. The Bertz CT molecular complexity index is 1530. The summed E-state index contributed by atoms with van der Waals surface area (Å²) in [5, 5.41) is 9.60. The molecule has 1 heterocycles. The van der Waals surface area contributed by atoms with Crippen LogP contribution in [0.5, 0.6) is 5.75 Å². The molecule has 0 saturated heterocycles. The largest absolute Gasteiger partial charge is 0.508 e. The molecule has 3 aromatic rings. The van der Waals surface area contributed by atoms with Crippen molar-refractivity contribution in [2.45, 2.75) is 136 Å². The second kappa shape index (κ2) is 21.4. The van der Waals surface area contributed by atoms with Gasteiger partial charge in [0.25, 0.3) is 0 Å². The highest BCUT2D eigenvalue weighted by Gasteiger charge is 2.34. The van der Waals surface area contributed by atoms with Gasteiger partial charge in [-0.2, -0.15) is 0 Å². The molecule has 1 amide bonds. The molecule has 0 aliphatic heterocycles. The third kappa shape index (κ3) is 14.4. The number of aromatic nitrogens is 1. The number of unbranched alkanes of at least 4 members (excludes halogenated alkanes) is 10. The number of phenolic OH excluding ortho intramolecular Hbond substituents is 1. The molecule has 1 aromatic heterocycles. The number of carbonyl (C=O) groups is 2. The lowest BCUT2D eigenvalue weighted by Crippen LogP contribution is -2.35. The predicted molar refractivity (Wildman–Crippen MR) is 194 cm³/mol. The minimum absolute atomic E-state index is 0.0576. The Morgan fingerprint density at radius 3 is 1.81 bits per heavy atom. The van der Waals surface area contributed by atoms with E-state index in [9.17, 15) is 27.5 Å². The van der Waals surface area contributed by atoms with E-state index in [1.807, 2.05) is 0 Å². The number of phenols is 1. The smallest absolute Gasteiger partial charge is 0.243 e. The lowest BCUT2D eigenvalue weighted by atomic mass is 10.00. The van der Waals surface area contributed by atoms with E-state index in [2.05, 4.69) is 24.1 Å². The van der Waals surface area contributed by atoms with E-state index < -0.39 is 26.8 Å². The number of nitrogens with one attached hydrogen (secondary N) is 1. The van der Waals surface area contributed by atoms with Crippen molar-refractivity contribution < 1.29 is 31.9 Å². The standard InChI is InChI=1S/C18H16ClFN2O5S.C13H28.C5H9ClO/c1-3-14(28(25,26)11-6-4-10(23)5-7-11)18(24)22-16-12(20)8-13-17(15(16)19)27-9(2)21-13;1-3-5-7-9-11-13-12-10-8-6-4-2;1-5(2,3)4(6)7/h4-8,14,23H,3H2,1-2H3,(H,22,24);3-13H2,1-2H3;1-3H3. The van der Waals surface area contributed by atoms with Crippen molar-refractivity contribution in [1.29, 1.82) is 0 Å². The van der Waals surface area contributed by atoms with Crippen LogP contribution in [0.1, 0.15) is 124 Å². The molecule has 0 fully saturated rings. The predicted octanol–water partition coefficient (Wildman–Crippen LogP) is 10.9. The Morgan fingerprint density at radius 1 is 0.938 bits per heavy atom. The Balaban J connectivity index is 0.000000477. The first-order chi connectivity index (χ1) is 22.5. The molecule has 12 heteroatoms.